The third kappa shape index (κ3) is 31.6. The Labute approximate surface area is 287 Å². The monoisotopic (exact) mass is 614 g/mol. The van der Waals surface area contributed by atoms with Gasteiger partial charge in [-0.25, -0.2) is 5.53 Å². The van der Waals surface area contributed by atoms with E-state index in [1.807, 2.05) is 14.7 Å². The summed E-state index contributed by atoms with van der Waals surface area (Å²) in [5.74, 6) is -1.09. The van der Waals surface area contributed by atoms with E-state index in [0.717, 1.165) is 26.8 Å². The zero-order valence-corrected chi connectivity index (χ0v) is 28.7. The van der Waals surface area contributed by atoms with Crippen LogP contribution in [0.15, 0.2) is 11.3 Å². The van der Waals surface area contributed by atoms with Crippen molar-refractivity contribution in [2.75, 3.05) is 106 Å². The number of aldehydes is 2. The molecule has 41 heavy (non-hydrogen) atoms. The number of rotatable bonds is 13. The fraction of sp³-hybridized carbons (Fsp3) is 0.760. The number of aliphatic hydroxyl groups excluding tert-OH is 2. The van der Waals surface area contributed by atoms with Crippen LogP contribution in [0.5, 0.6) is 0 Å². The topological polar surface area (TPSA) is 202 Å². The minimum Gasteiger partial charge on any atom is -0.480 e. The molecule has 6 N–H and O–H groups in total. The maximum absolute atomic E-state index is 12.4. The molecule has 1 aliphatic heterocycles. The fourth-order valence-electron chi connectivity index (χ4n) is 3.35. The summed E-state index contributed by atoms with van der Waals surface area (Å²) < 4.78 is 0. The van der Waals surface area contributed by atoms with Gasteiger partial charge in [0, 0.05) is 79.7 Å². The maximum atomic E-state index is 12.4. The first-order valence-corrected chi connectivity index (χ1v) is 13.2. The van der Waals surface area contributed by atoms with Crippen molar-refractivity contribution >= 4 is 24.4 Å². The van der Waals surface area contributed by atoms with Crippen molar-refractivity contribution in [1.29, 1.82) is 5.53 Å². The van der Waals surface area contributed by atoms with Gasteiger partial charge in [-0.15, -0.1) is 0 Å². The van der Waals surface area contributed by atoms with Crippen molar-refractivity contribution in [2.45, 2.75) is 20.3 Å². The van der Waals surface area contributed by atoms with E-state index in [4.69, 9.17) is 15.7 Å². The van der Waals surface area contributed by atoms with E-state index in [2.05, 4.69) is 35.8 Å². The van der Waals surface area contributed by atoms with Gasteiger partial charge >= 0.3 is 57.4 Å². The average molecular weight is 615 g/mol. The van der Waals surface area contributed by atoms with Crippen LogP contribution in [0, 0.1) is 11.7 Å². The second kappa shape index (κ2) is 36.8. The fourth-order valence-corrected chi connectivity index (χ4v) is 3.35. The van der Waals surface area contributed by atoms with Crippen LogP contribution < -0.4 is 62.0 Å². The summed E-state index contributed by atoms with van der Waals surface area (Å²) in [5.41, 5.74) is 6.60. The molecule has 0 bridgehead atoms. The quantitative estimate of drug-likeness (QED) is 0.0381. The largest absolute Gasteiger partial charge is 1.00 e. The molecule has 0 aromatic heterocycles. The summed E-state index contributed by atoms with van der Waals surface area (Å²) >= 11 is 0. The van der Waals surface area contributed by atoms with Crippen molar-refractivity contribution in [3.63, 3.8) is 0 Å². The SMILES string of the molecule is CCC.CO.CO.N=N[C-]=CNCCNC(=O)CN1CCN(CC=O)CCN(CC=O)CCN(CC(=O)O)CC1.[K+]. The molecule has 1 fully saturated rings. The summed E-state index contributed by atoms with van der Waals surface area (Å²) in [6.07, 6.45) is 6.63. The molecule has 1 amide bonds. The van der Waals surface area contributed by atoms with E-state index in [-0.39, 0.29) is 83.5 Å². The van der Waals surface area contributed by atoms with Gasteiger partial charge in [-0.05, 0) is 0 Å². The van der Waals surface area contributed by atoms with Crippen molar-refractivity contribution in [1.82, 2.24) is 30.2 Å². The number of aliphatic hydroxyl groups is 2. The molecule has 1 saturated heterocycles. The Morgan fingerprint density at radius 2 is 1.20 bits per heavy atom. The van der Waals surface area contributed by atoms with Gasteiger partial charge in [0.05, 0.1) is 26.2 Å². The first-order chi connectivity index (χ1) is 19.4. The van der Waals surface area contributed by atoms with Crippen LogP contribution in [-0.2, 0) is 19.2 Å². The summed E-state index contributed by atoms with van der Waals surface area (Å²) in [6.45, 7) is 9.90. The molecule has 0 aromatic rings. The Kier molecular flexibility index (Phi) is 42.0. The van der Waals surface area contributed by atoms with Gasteiger partial charge in [-0.3, -0.25) is 29.2 Å². The van der Waals surface area contributed by atoms with E-state index in [0.29, 0.717) is 65.4 Å². The number of hydrogen-bond donors (Lipinski definition) is 6. The minimum absolute atomic E-state index is 0. The van der Waals surface area contributed by atoms with E-state index in [9.17, 15) is 24.3 Å². The third-order valence-electron chi connectivity index (χ3n) is 5.14. The smallest absolute Gasteiger partial charge is 0.480 e. The van der Waals surface area contributed by atoms with Crippen LogP contribution in [0.1, 0.15) is 20.3 Å². The van der Waals surface area contributed by atoms with Crippen molar-refractivity contribution < 1.29 is 85.9 Å². The average Bonchev–Trinajstić information content (AvgIpc) is 2.94. The van der Waals surface area contributed by atoms with Crippen LogP contribution in [0.25, 0.3) is 0 Å². The van der Waals surface area contributed by atoms with Crippen molar-refractivity contribution in [3.05, 3.63) is 12.4 Å². The molecule has 0 saturated carbocycles. The molecule has 1 heterocycles. The molecule has 0 aliphatic carbocycles. The molecule has 1 rings (SSSR count). The van der Waals surface area contributed by atoms with Gasteiger partial charge in [-0.1, -0.05) is 20.3 Å². The number of carbonyl (C=O) groups is 4. The number of aliphatic carboxylic acids is 1. The number of amides is 1. The molecule has 16 heteroatoms. The molecule has 0 unspecified atom stereocenters. The molecule has 0 spiro atoms. The molecule has 0 radical (unpaired) electrons. The molecule has 0 aromatic carbocycles. The Balaban J connectivity index is -0.000000782. The van der Waals surface area contributed by atoms with Crippen LogP contribution in [-0.4, -0.2) is 165 Å². The molecular weight excluding hydrogens is 563 g/mol. The molecule has 0 atom stereocenters. The van der Waals surface area contributed by atoms with Crippen molar-refractivity contribution in [2.24, 2.45) is 5.11 Å². The molecule has 1 aliphatic rings. The van der Waals surface area contributed by atoms with Crippen molar-refractivity contribution in [3.8, 4) is 0 Å². The first kappa shape index (κ1) is 46.8. The Morgan fingerprint density at radius 1 is 0.805 bits per heavy atom. The number of hydrogen-bond acceptors (Lipinski definition) is 13. The summed E-state index contributed by atoms with van der Waals surface area (Å²) in [7, 11) is 2.00. The van der Waals surface area contributed by atoms with Crippen LogP contribution >= 0.6 is 0 Å². The maximum Gasteiger partial charge on any atom is 1.00 e. The summed E-state index contributed by atoms with van der Waals surface area (Å²) in [6, 6.07) is 0. The van der Waals surface area contributed by atoms with Gasteiger partial charge in [-0.2, -0.15) is 6.20 Å². The third-order valence-corrected chi connectivity index (χ3v) is 5.14. The standard InChI is InChI=1S/C20H35N8O5.C3H8.2CH4O.K/c21-24-4-2-22-1-3-23-19(31)17-27-9-7-25(13-15-29)5-6-26(14-16-30)8-10-28(12-11-27)18-20(32)33;1-3-2;2*1-2;/h2,15-16,21-22H,1,3,5-14,17-18H2,(H,23,31)(H,32,33);3H2,1-2H3;2*2H,1H3;/q-1;;;;+1. The molecule has 234 valence electrons. The van der Waals surface area contributed by atoms with E-state index in [1.54, 1.807) is 4.90 Å². The number of nitrogens with zero attached hydrogens (tertiary/aromatic N) is 5. The van der Waals surface area contributed by atoms with E-state index >= 15 is 0 Å². The predicted octanol–water partition coefficient (Wildman–Crippen LogP) is -4.66. The first-order valence-electron chi connectivity index (χ1n) is 13.2. The zero-order chi connectivity index (χ0) is 31.0. The van der Waals surface area contributed by atoms with Gasteiger partial charge in [0.1, 0.15) is 12.6 Å². The Bertz CT molecular complexity index is 678. The van der Waals surface area contributed by atoms with Crippen LogP contribution in [0.2, 0.25) is 0 Å². The van der Waals surface area contributed by atoms with Gasteiger partial charge in [0.25, 0.3) is 0 Å². The van der Waals surface area contributed by atoms with Gasteiger partial charge < -0.3 is 46.9 Å². The Morgan fingerprint density at radius 3 is 1.56 bits per heavy atom. The van der Waals surface area contributed by atoms with Crippen LogP contribution in [0.3, 0.4) is 0 Å². The zero-order valence-electron chi connectivity index (χ0n) is 25.5. The second-order valence-corrected chi connectivity index (χ2v) is 8.28. The summed E-state index contributed by atoms with van der Waals surface area (Å²) in [5, 5.41) is 31.8. The second-order valence-electron chi connectivity index (χ2n) is 8.28. The minimum atomic E-state index is -0.928. The molecular formula is C25H51KN8O7. The number of carboxylic acid groups (broad SMARTS) is 1. The Hall–Kier alpha value is -1.18. The van der Waals surface area contributed by atoms with E-state index in [1.165, 1.54) is 12.6 Å². The van der Waals surface area contributed by atoms with Gasteiger partial charge in [0.2, 0.25) is 5.91 Å². The van der Waals surface area contributed by atoms with Crippen LogP contribution in [0.4, 0.5) is 0 Å². The number of carboxylic acids is 1. The number of carbonyl (C=O) groups excluding carboxylic acids is 3. The predicted molar refractivity (Wildman–Crippen MR) is 152 cm³/mol. The normalized spacial score (nSPS) is 15.4. The number of nitrogens with one attached hydrogen (secondary N) is 3. The van der Waals surface area contributed by atoms with Gasteiger partial charge in [0.15, 0.2) is 0 Å². The van der Waals surface area contributed by atoms with E-state index < -0.39 is 5.97 Å². The molecule has 15 nitrogen and oxygen atoms in total. The summed E-state index contributed by atoms with van der Waals surface area (Å²) in [4.78, 5) is 53.5.